The number of nitrogens with one attached hydrogen (secondary N) is 2. The number of hydrogen-bond acceptors (Lipinski definition) is 7. The molecule has 1 unspecified atom stereocenters. The smallest absolute Gasteiger partial charge is 0.348 e. The monoisotopic (exact) mass is 547 g/mol. The van der Waals surface area contributed by atoms with Gasteiger partial charge in [0.15, 0.2) is 11.5 Å². The molecular weight excluding hydrogens is 518 g/mol. The van der Waals surface area contributed by atoms with Crippen molar-refractivity contribution in [3.63, 3.8) is 0 Å². The number of carboxylic acids is 2. The van der Waals surface area contributed by atoms with Crippen LogP contribution in [-0.2, 0) is 11.2 Å². The van der Waals surface area contributed by atoms with Crippen LogP contribution >= 0.6 is 0 Å². The number of aromatic carboxylic acids is 1. The number of nitrogen functional groups attached to an aromatic ring is 1. The molecule has 0 amide bonds. The van der Waals surface area contributed by atoms with Crippen LogP contribution < -0.4 is 20.9 Å². The summed E-state index contributed by atoms with van der Waals surface area (Å²) < 4.78 is 11.9. The van der Waals surface area contributed by atoms with E-state index in [1.165, 1.54) is 19.2 Å². The lowest BCUT2D eigenvalue weighted by molar-refractivity contribution is -0.134. The van der Waals surface area contributed by atoms with Gasteiger partial charge in [0.25, 0.3) is 5.97 Å². The van der Waals surface area contributed by atoms with Gasteiger partial charge >= 0.3 is 11.7 Å². The number of nitrogens with zero attached hydrogens (tertiary/aromatic N) is 2. The quantitative estimate of drug-likeness (QED) is 0.155. The molecule has 4 aromatic rings. The van der Waals surface area contributed by atoms with E-state index in [2.05, 4.69) is 10.1 Å². The van der Waals surface area contributed by atoms with E-state index in [-0.39, 0.29) is 17.1 Å². The summed E-state index contributed by atoms with van der Waals surface area (Å²) in [6.45, 7) is 1.08. The van der Waals surface area contributed by atoms with Gasteiger partial charge in [-0.3, -0.25) is 15.2 Å². The fourth-order valence-electron chi connectivity index (χ4n) is 4.00. The molecule has 0 aliphatic rings. The molecule has 0 aliphatic carbocycles. The third kappa shape index (κ3) is 6.92. The van der Waals surface area contributed by atoms with Crippen molar-refractivity contribution in [2.45, 2.75) is 19.3 Å². The van der Waals surface area contributed by atoms with Crippen LogP contribution in [0.15, 0.2) is 71.5 Å². The highest BCUT2D eigenvalue weighted by Crippen LogP contribution is 2.34. The highest BCUT2D eigenvalue weighted by Gasteiger charge is 2.23. The molecule has 0 saturated heterocycles. The van der Waals surface area contributed by atoms with Crippen LogP contribution in [0, 0.1) is 5.41 Å². The van der Waals surface area contributed by atoms with E-state index in [0.29, 0.717) is 29.3 Å². The summed E-state index contributed by atoms with van der Waals surface area (Å²) in [6, 6.07) is 18.9. The predicted octanol–water partition coefficient (Wildman–Crippen LogP) is 3.03. The number of hydrogen-bond donors (Lipinski definition) is 5. The van der Waals surface area contributed by atoms with Crippen LogP contribution in [0.3, 0.4) is 0 Å². The van der Waals surface area contributed by atoms with E-state index < -0.39 is 23.5 Å². The number of amidine groups is 1. The van der Waals surface area contributed by atoms with E-state index in [0.717, 1.165) is 22.7 Å². The number of aromatic nitrogens is 3. The van der Waals surface area contributed by atoms with E-state index in [9.17, 15) is 14.7 Å². The molecule has 208 valence electrons. The van der Waals surface area contributed by atoms with Crippen LogP contribution in [0.1, 0.15) is 45.7 Å². The third-order valence-electron chi connectivity index (χ3n) is 5.84. The van der Waals surface area contributed by atoms with E-state index in [1.807, 2.05) is 24.3 Å². The Bertz CT molecular complexity index is 1570. The molecule has 0 fully saturated rings. The van der Waals surface area contributed by atoms with Crippen molar-refractivity contribution in [3.8, 4) is 17.2 Å². The number of para-hydroxylation sites is 1. The van der Waals surface area contributed by atoms with Gasteiger partial charge in [-0.15, -0.1) is 5.10 Å². The lowest BCUT2D eigenvalue weighted by atomic mass is 9.90. The first-order valence-corrected chi connectivity index (χ1v) is 11.9. The van der Waals surface area contributed by atoms with Crippen LogP contribution in [0.4, 0.5) is 0 Å². The largest absolute Gasteiger partial charge is 0.493 e. The molecule has 0 radical (unpaired) electrons. The first kappa shape index (κ1) is 29.2. The molecule has 0 saturated carbocycles. The number of carboxylic acid groups (broad SMARTS) is 2. The second-order valence-electron chi connectivity index (χ2n) is 8.55. The lowest BCUT2D eigenvalue weighted by Crippen LogP contribution is -2.18. The maximum atomic E-state index is 12.9. The lowest BCUT2D eigenvalue weighted by Gasteiger charge is -2.17. The number of aliphatic carboxylic acids is 1. The molecule has 6 N–H and O–H groups in total. The van der Waals surface area contributed by atoms with Crippen molar-refractivity contribution >= 4 is 17.8 Å². The molecule has 40 heavy (non-hydrogen) atoms. The van der Waals surface area contributed by atoms with Crippen LogP contribution in [0.25, 0.3) is 5.69 Å². The minimum atomic E-state index is -1.16. The van der Waals surface area contributed by atoms with Gasteiger partial charge in [-0.1, -0.05) is 42.5 Å². The van der Waals surface area contributed by atoms with Crippen LogP contribution in [-0.4, -0.2) is 57.0 Å². The molecule has 0 spiro atoms. The molecule has 1 heterocycles. The number of rotatable bonds is 9. The minimum Gasteiger partial charge on any atom is -0.493 e. The normalized spacial score (nSPS) is 11.1. The Morgan fingerprint density at radius 1 is 1.02 bits per heavy atom. The van der Waals surface area contributed by atoms with Crippen molar-refractivity contribution in [2.75, 3.05) is 14.2 Å². The van der Waals surface area contributed by atoms with Crippen molar-refractivity contribution in [2.24, 2.45) is 5.73 Å². The molecule has 0 bridgehead atoms. The van der Waals surface area contributed by atoms with Crippen molar-refractivity contribution in [1.82, 2.24) is 14.8 Å². The van der Waals surface area contributed by atoms with Gasteiger partial charge in [0.05, 0.1) is 25.5 Å². The summed E-state index contributed by atoms with van der Waals surface area (Å²) >= 11 is 0. The predicted molar refractivity (Wildman–Crippen MR) is 147 cm³/mol. The molecule has 0 aliphatic heterocycles. The topological polar surface area (TPSA) is 194 Å². The summed E-state index contributed by atoms with van der Waals surface area (Å²) in [7, 11) is 3.08. The number of carbonyl (C=O) groups is 2. The Balaban J connectivity index is 0.00000103. The highest BCUT2D eigenvalue weighted by atomic mass is 16.5. The zero-order chi connectivity index (χ0) is 29.4. The van der Waals surface area contributed by atoms with Gasteiger partial charge in [0.1, 0.15) is 11.7 Å². The summed E-state index contributed by atoms with van der Waals surface area (Å²) in [5, 5.41) is 29.1. The third-order valence-corrected chi connectivity index (χ3v) is 5.84. The van der Waals surface area contributed by atoms with Gasteiger partial charge < -0.3 is 25.4 Å². The van der Waals surface area contributed by atoms with Crippen LogP contribution in [0.2, 0.25) is 0 Å². The molecule has 12 nitrogen and oxygen atoms in total. The maximum absolute atomic E-state index is 12.9. The molecule has 3 aromatic carbocycles. The SMILES string of the molecule is CC(=O)O.COc1ccc(C(Cc2ccc(C(=N)N)cc2)c2nn(-c3ccccc3C(=O)O)c(=O)[nH]2)cc1OC. The Hall–Kier alpha value is -5.39. The molecule has 4 rings (SSSR count). The second-order valence-corrected chi connectivity index (χ2v) is 8.55. The van der Waals surface area contributed by atoms with Gasteiger partial charge in [-0.25, -0.2) is 9.59 Å². The summed E-state index contributed by atoms with van der Waals surface area (Å²) in [5.41, 5.74) is 7.46. The van der Waals surface area contributed by atoms with Gasteiger partial charge in [-0.05, 0) is 41.8 Å². The second kappa shape index (κ2) is 12.9. The number of benzene rings is 3. The number of aromatic amines is 1. The molecule has 1 atom stereocenters. The number of nitrogens with two attached hydrogens (primary N) is 1. The average molecular weight is 548 g/mol. The van der Waals surface area contributed by atoms with Gasteiger partial charge in [0.2, 0.25) is 0 Å². The van der Waals surface area contributed by atoms with Gasteiger partial charge in [0, 0.05) is 18.4 Å². The van der Waals surface area contributed by atoms with E-state index in [4.69, 9.17) is 30.5 Å². The molecule has 12 heteroatoms. The zero-order valence-electron chi connectivity index (χ0n) is 22.0. The minimum absolute atomic E-state index is 0.0295. The van der Waals surface area contributed by atoms with Crippen LogP contribution in [0.5, 0.6) is 11.5 Å². The Morgan fingerprint density at radius 2 is 1.65 bits per heavy atom. The number of H-pyrrole nitrogens is 1. The van der Waals surface area contributed by atoms with E-state index >= 15 is 0 Å². The standard InChI is InChI=1S/C26H25N5O5.C2H4O2/c1-35-21-12-11-17(14-22(21)36-2)19(13-15-7-9-16(10-8-15)23(27)28)24-29-26(34)31(30-24)20-6-4-3-5-18(20)25(32)33;1-2(3)4/h3-12,14,19H,13H2,1-2H3,(H3,27,28)(H,32,33)(H,29,30,34);1H3,(H,3,4). The van der Waals surface area contributed by atoms with Crippen molar-refractivity contribution < 1.29 is 29.3 Å². The summed E-state index contributed by atoms with van der Waals surface area (Å²) in [6.07, 6.45) is 0.446. The van der Waals surface area contributed by atoms with Gasteiger partial charge in [-0.2, -0.15) is 4.68 Å². The average Bonchev–Trinajstić information content (AvgIpc) is 3.32. The first-order valence-electron chi connectivity index (χ1n) is 11.9. The number of methoxy groups -OCH3 is 2. The number of ether oxygens (including phenoxy) is 2. The highest BCUT2D eigenvalue weighted by molar-refractivity contribution is 5.94. The van der Waals surface area contributed by atoms with Crippen molar-refractivity contribution in [3.05, 3.63) is 105 Å². The summed E-state index contributed by atoms with van der Waals surface area (Å²) in [4.78, 5) is 36.4. The van der Waals surface area contributed by atoms with Crippen molar-refractivity contribution in [1.29, 1.82) is 5.41 Å². The van der Waals surface area contributed by atoms with E-state index in [1.54, 1.807) is 37.4 Å². The molecule has 1 aromatic heterocycles. The first-order chi connectivity index (χ1) is 19.0. The Morgan fingerprint density at radius 3 is 2.23 bits per heavy atom. The zero-order valence-corrected chi connectivity index (χ0v) is 22.0. The Kier molecular flexibility index (Phi) is 9.42. The Labute approximate surface area is 229 Å². The maximum Gasteiger partial charge on any atom is 0.348 e. The fourth-order valence-corrected chi connectivity index (χ4v) is 4.00. The summed E-state index contributed by atoms with van der Waals surface area (Å²) in [5.74, 6) is -1.02. The molecular formula is C28H29N5O7. The fraction of sp³-hybridized carbons (Fsp3) is 0.179.